The fourth-order valence-electron chi connectivity index (χ4n) is 3.56. The molecule has 0 radical (unpaired) electrons. The van der Waals surface area contributed by atoms with E-state index in [1.807, 2.05) is 24.3 Å². The van der Waals surface area contributed by atoms with E-state index in [4.69, 9.17) is 5.73 Å². The van der Waals surface area contributed by atoms with Gasteiger partial charge in [-0.3, -0.25) is 0 Å². The van der Waals surface area contributed by atoms with Crippen LogP contribution < -0.4 is 5.73 Å². The summed E-state index contributed by atoms with van der Waals surface area (Å²) in [6, 6.07) is 17.7. The molecule has 0 unspecified atom stereocenters. The maximum absolute atomic E-state index is 9.58. The van der Waals surface area contributed by atoms with Crippen LogP contribution in [0.15, 0.2) is 54.6 Å². The topological polar surface area (TPSA) is 51.2 Å². The molecular weight excluding hydrogens is 284 g/mol. The number of benzene rings is 3. The van der Waals surface area contributed by atoms with E-state index >= 15 is 0 Å². The minimum absolute atomic E-state index is 0.274. The van der Waals surface area contributed by atoms with Gasteiger partial charge < -0.3 is 15.4 Å². The highest BCUT2D eigenvalue weighted by atomic mass is 16.3. The Morgan fingerprint density at radius 2 is 1.70 bits per heavy atom. The van der Waals surface area contributed by atoms with Crippen molar-refractivity contribution in [3.63, 3.8) is 0 Å². The molecule has 1 heterocycles. The Morgan fingerprint density at radius 1 is 1.00 bits per heavy atom. The van der Waals surface area contributed by atoms with Crippen LogP contribution in [0.3, 0.4) is 0 Å². The van der Waals surface area contributed by atoms with Gasteiger partial charge in [0.25, 0.3) is 0 Å². The Morgan fingerprint density at radius 3 is 2.43 bits per heavy atom. The van der Waals surface area contributed by atoms with Crippen LogP contribution in [-0.4, -0.2) is 9.67 Å². The molecule has 3 heteroatoms. The van der Waals surface area contributed by atoms with E-state index in [0.29, 0.717) is 0 Å². The van der Waals surface area contributed by atoms with Crippen molar-refractivity contribution in [3.05, 3.63) is 60.2 Å². The molecule has 3 N–H and O–H groups in total. The number of rotatable bonds is 1. The summed E-state index contributed by atoms with van der Waals surface area (Å²) in [5.41, 5.74) is 12.7. The molecule has 1 aromatic heterocycles. The zero-order valence-corrected chi connectivity index (χ0v) is 13.2. The van der Waals surface area contributed by atoms with Crippen LogP contribution in [0.2, 0.25) is 0 Å². The van der Waals surface area contributed by atoms with E-state index in [0.717, 1.165) is 22.3 Å². The van der Waals surface area contributed by atoms with Gasteiger partial charge in [-0.15, -0.1) is 0 Å². The number of aromatic nitrogens is 1. The lowest BCUT2D eigenvalue weighted by Gasteiger charge is -2.12. The summed E-state index contributed by atoms with van der Waals surface area (Å²) in [7, 11) is 2.05. The molecule has 4 aromatic rings. The summed E-state index contributed by atoms with van der Waals surface area (Å²) in [6.45, 7) is 2.08. The Hall–Kier alpha value is -2.94. The SMILES string of the molecule is Cc1cc(N)c2c(c1-c1ccc(O)cc1)c1ccccc1n2C. The van der Waals surface area contributed by atoms with Crippen molar-refractivity contribution in [2.45, 2.75) is 6.92 Å². The minimum atomic E-state index is 0.274. The minimum Gasteiger partial charge on any atom is -0.508 e. The van der Waals surface area contributed by atoms with E-state index in [1.54, 1.807) is 12.1 Å². The number of nitrogens with two attached hydrogens (primary N) is 1. The first-order valence-corrected chi connectivity index (χ1v) is 7.63. The number of nitrogen functional groups attached to an aromatic ring is 1. The molecule has 0 atom stereocenters. The highest BCUT2D eigenvalue weighted by molar-refractivity contribution is 6.18. The Labute approximate surface area is 134 Å². The van der Waals surface area contributed by atoms with Crippen molar-refractivity contribution in [2.24, 2.45) is 7.05 Å². The molecular formula is C20H18N2O. The summed E-state index contributed by atoms with van der Waals surface area (Å²) in [4.78, 5) is 0. The van der Waals surface area contributed by atoms with E-state index in [1.165, 1.54) is 21.9 Å². The maximum Gasteiger partial charge on any atom is 0.115 e. The molecule has 0 aliphatic rings. The van der Waals surface area contributed by atoms with Gasteiger partial charge in [-0.25, -0.2) is 0 Å². The van der Waals surface area contributed by atoms with Crippen molar-refractivity contribution < 1.29 is 5.11 Å². The van der Waals surface area contributed by atoms with E-state index in [2.05, 4.69) is 36.7 Å². The Kier molecular flexibility index (Phi) is 2.85. The fraction of sp³-hybridized carbons (Fsp3) is 0.100. The summed E-state index contributed by atoms with van der Waals surface area (Å²) in [6.07, 6.45) is 0. The number of anilines is 1. The molecule has 0 amide bonds. The number of hydrogen-bond acceptors (Lipinski definition) is 2. The van der Waals surface area contributed by atoms with Gasteiger partial charge in [-0.2, -0.15) is 0 Å². The molecule has 0 aliphatic carbocycles. The summed E-state index contributed by atoms with van der Waals surface area (Å²) in [5, 5.41) is 12.0. The lowest BCUT2D eigenvalue weighted by atomic mass is 9.94. The van der Waals surface area contributed by atoms with E-state index in [9.17, 15) is 5.11 Å². The summed E-state index contributed by atoms with van der Waals surface area (Å²) >= 11 is 0. The van der Waals surface area contributed by atoms with Crippen molar-refractivity contribution in [1.29, 1.82) is 0 Å². The lowest BCUT2D eigenvalue weighted by molar-refractivity contribution is 0.475. The average Bonchev–Trinajstić information content (AvgIpc) is 2.83. The third-order valence-electron chi connectivity index (χ3n) is 4.55. The number of nitrogens with zero attached hydrogens (tertiary/aromatic N) is 1. The normalized spacial score (nSPS) is 11.4. The van der Waals surface area contributed by atoms with Gasteiger partial charge in [0.1, 0.15) is 5.75 Å². The summed E-state index contributed by atoms with van der Waals surface area (Å²) < 4.78 is 2.16. The number of fused-ring (bicyclic) bond motifs is 3. The molecule has 3 nitrogen and oxygen atoms in total. The first kappa shape index (κ1) is 13.7. The van der Waals surface area contributed by atoms with Gasteiger partial charge in [-0.1, -0.05) is 30.3 Å². The van der Waals surface area contributed by atoms with Crippen LogP contribution in [0.25, 0.3) is 32.9 Å². The van der Waals surface area contributed by atoms with Gasteiger partial charge in [0.2, 0.25) is 0 Å². The molecule has 23 heavy (non-hydrogen) atoms. The third kappa shape index (κ3) is 1.90. The molecule has 3 aromatic carbocycles. The lowest BCUT2D eigenvalue weighted by Crippen LogP contribution is -1.96. The highest BCUT2D eigenvalue weighted by Crippen LogP contribution is 2.41. The second-order valence-corrected chi connectivity index (χ2v) is 6.00. The van der Waals surface area contributed by atoms with Gasteiger partial charge >= 0.3 is 0 Å². The largest absolute Gasteiger partial charge is 0.508 e. The molecule has 0 bridgehead atoms. The number of para-hydroxylation sites is 1. The van der Waals surface area contributed by atoms with E-state index < -0.39 is 0 Å². The van der Waals surface area contributed by atoms with Gasteiger partial charge in [0, 0.05) is 23.3 Å². The number of phenolic OH excluding ortho intramolecular Hbond substituents is 1. The number of aryl methyl sites for hydroxylation is 2. The van der Waals surface area contributed by atoms with Gasteiger partial charge in [-0.05, 0) is 47.9 Å². The second-order valence-electron chi connectivity index (χ2n) is 6.00. The van der Waals surface area contributed by atoms with Gasteiger partial charge in [0.05, 0.1) is 11.2 Å². The van der Waals surface area contributed by atoms with Gasteiger partial charge in [0.15, 0.2) is 0 Å². The van der Waals surface area contributed by atoms with Crippen molar-refractivity contribution in [1.82, 2.24) is 4.57 Å². The third-order valence-corrected chi connectivity index (χ3v) is 4.55. The van der Waals surface area contributed by atoms with Crippen LogP contribution >= 0.6 is 0 Å². The number of aromatic hydroxyl groups is 1. The van der Waals surface area contributed by atoms with Crippen LogP contribution in [0, 0.1) is 6.92 Å². The molecule has 0 spiro atoms. The smallest absolute Gasteiger partial charge is 0.115 e. The first-order valence-electron chi connectivity index (χ1n) is 7.63. The molecule has 0 saturated heterocycles. The zero-order valence-electron chi connectivity index (χ0n) is 13.2. The van der Waals surface area contributed by atoms with Crippen LogP contribution in [0.1, 0.15) is 5.56 Å². The molecule has 114 valence electrons. The number of hydrogen-bond donors (Lipinski definition) is 2. The molecule has 0 saturated carbocycles. The fourth-order valence-corrected chi connectivity index (χ4v) is 3.56. The van der Waals surface area contributed by atoms with Crippen LogP contribution in [0.5, 0.6) is 5.75 Å². The average molecular weight is 302 g/mol. The predicted octanol–water partition coefficient (Wildman–Crippen LogP) is 4.59. The standard InChI is InChI=1S/C20H18N2O/c1-12-11-16(21)20-19(15-5-3-4-6-17(15)22(20)2)18(12)13-7-9-14(23)10-8-13/h3-11,23H,21H2,1-2H3. The highest BCUT2D eigenvalue weighted by Gasteiger charge is 2.17. The van der Waals surface area contributed by atoms with Crippen LogP contribution in [-0.2, 0) is 7.05 Å². The maximum atomic E-state index is 9.58. The first-order chi connectivity index (χ1) is 11.1. The van der Waals surface area contributed by atoms with Crippen molar-refractivity contribution >= 4 is 27.5 Å². The molecule has 0 aliphatic heterocycles. The predicted molar refractivity (Wildman–Crippen MR) is 96.7 cm³/mol. The summed E-state index contributed by atoms with van der Waals surface area (Å²) in [5.74, 6) is 0.274. The van der Waals surface area contributed by atoms with Crippen molar-refractivity contribution in [2.75, 3.05) is 5.73 Å². The Balaban J connectivity index is 2.24. The zero-order chi connectivity index (χ0) is 16.1. The Bertz CT molecular complexity index is 1040. The van der Waals surface area contributed by atoms with Crippen molar-refractivity contribution in [3.8, 4) is 16.9 Å². The molecule has 4 rings (SSSR count). The monoisotopic (exact) mass is 302 g/mol. The quantitative estimate of drug-likeness (QED) is 0.505. The number of phenols is 1. The van der Waals surface area contributed by atoms with Crippen LogP contribution in [0.4, 0.5) is 5.69 Å². The second kappa shape index (κ2) is 4.78. The van der Waals surface area contributed by atoms with E-state index in [-0.39, 0.29) is 5.75 Å². The molecule has 0 fully saturated rings.